The highest BCUT2D eigenvalue weighted by atomic mass is 16.5. The molecule has 106 valence electrons. The Kier molecular flexibility index (Phi) is 6.15. The summed E-state index contributed by atoms with van der Waals surface area (Å²) in [5.74, 6) is 1.55. The summed E-state index contributed by atoms with van der Waals surface area (Å²) in [7, 11) is 5.01. The van der Waals surface area contributed by atoms with Gasteiger partial charge in [0, 0.05) is 19.2 Å². The van der Waals surface area contributed by atoms with Gasteiger partial charge in [0.2, 0.25) is 5.91 Å². The van der Waals surface area contributed by atoms with E-state index in [1.54, 1.807) is 26.2 Å². The Bertz CT molecular complexity index is 421. The second kappa shape index (κ2) is 7.63. The summed E-state index contributed by atoms with van der Waals surface area (Å²) in [6.45, 7) is 3.59. The average Bonchev–Trinajstić information content (AvgIpc) is 2.44. The molecule has 0 radical (unpaired) electrons. The number of likely N-dealkylation sites (N-methyl/N-ethyl adjacent to an activating group) is 2. The molecule has 1 rings (SSSR count). The van der Waals surface area contributed by atoms with Crippen LogP contribution in [0.3, 0.4) is 0 Å². The Balaban J connectivity index is 2.76. The normalized spacial score (nSPS) is 10.1. The summed E-state index contributed by atoms with van der Waals surface area (Å²) < 4.78 is 10.5. The quantitative estimate of drug-likeness (QED) is 0.807. The van der Waals surface area contributed by atoms with Crippen molar-refractivity contribution in [2.75, 3.05) is 34.4 Å². The van der Waals surface area contributed by atoms with Gasteiger partial charge in [-0.25, -0.2) is 0 Å². The molecule has 0 bridgehead atoms. The van der Waals surface area contributed by atoms with E-state index < -0.39 is 0 Å². The fourth-order valence-corrected chi connectivity index (χ4v) is 1.72. The number of rotatable bonds is 7. The predicted octanol–water partition coefficient (Wildman–Crippen LogP) is 1.27. The highest BCUT2D eigenvalue weighted by molar-refractivity contribution is 5.78. The van der Waals surface area contributed by atoms with Gasteiger partial charge in [0.05, 0.1) is 20.8 Å². The zero-order valence-corrected chi connectivity index (χ0v) is 12.0. The minimum absolute atomic E-state index is 0.0479. The van der Waals surface area contributed by atoms with Crippen molar-refractivity contribution < 1.29 is 14.3 Å². The molecule has 0 atom stereocenters. The molecule has 0 aliphatic carbocycles. The third-order valence-electron chi connectivity index (χ3n) is 2.85. The number of nitrogens with one attached hydrogen (secondary N) is 1. The molecule has 0 aliphatic rings. The topological polar surface area (TPSA) is 50.8 Å². The molecule has 0 spiro atoms. The maximum Gasteiger partial charge on any atom is 0.236 e. The minimum Gasteiger partial charge on any atom is -0.497 e. The van der Waals surface area contributed by atoms with Crippen LogP contribution in [0.15, 0.2) is 18.2 Å². The van der Waals surface area contributed by atoms with Gasteiger partial charge >= 0.3 is 0 Å². The second-order valence-electron chi connectivity index (χ2n) is 4.21. The molecule has 0 saturated heterocycles. The first kappa shape index (κ1) is 15.3. The first-order chi connectivity index (χ1) is 9.12. The van der Waals surface area contributed by atoms with E-state index in [2.05, 4.69) is 5.32 Å². The SMILES string of the molecule is CCNCC(=O)N(C)Cc1cc(OC)ccc1OC. The maximum absolute atomic E-state index is 11.9. The monoisotopic (exact) mass is 266 g/mol. The van der Waals surface area contributed by atoms with Gasteiger partial charge in [-0.15, -0.1) is 0 Å². The van der Waals surface area contributed by atoms with Crippen LogP contribution in [0, 0.1) is 0 Å². The van der Waals surface area contributed by atoms with Gasteiger partial charge in [-0.05, 0) is 24.7 Å². The van der Waals surface area contributed by atoms with E-state index in [1.807, 2.05) is 25.1 Å². The Labute approximate surface area is 114 Å². The third kappa shape index (κ3) is 4.44. The zero-order chi connectivity index (χ0) is 14.3. The lowest BCUT2D eigenvalue weighted by molar-refractivity contribution is -0.129. The van der Waals surface area contributed by atoms with E-state index in [4.69, 9.17) is 9.47 Å². The highest BCUT2D eigenvalue weighted by Crippen LogP contribution is 2.24. The van der Waals surface area contributed by atoms with Crippen molar-refractivity contribution in [3.63, 3.8) is 0 Å². The average molecular weight is 266 g/mol. The number of methoxy groups -OCH3 is 2. The van der Waals surface area contributed by atoms with Crippen molar-refractivity contribution in [2.24, 2.45) is 0 Å². The summed E-state index contributed by atoms with van der Waals surface area (Å²) in [4.78, 5) is 13.5. The molecule has 1 aromatic carbocycles. The Morgan fingerprint density at radius 1 is 1.32 bits per heavy atom. The van der Waals surface area contributed by atoms with Crippen LogP contribution in [0.1, 0.15) is 12.5 Å². The van der Waals surface area contributed by atoms with Crippen molar-refractivity contribution in [3.8, 4) is 11.5 Å². The van der Waals surface area contributed by atoms with Gasteiger partial charge in [0.25, 0.3) is 0 Å². The lowest BCUT2D eigenvalue weighted by Gasteiger charge is -2.19. The zero-order valence-electron chi connectivity index (χ0n) is 12.0. The first-order valence-electron chi connectivity index (χ1n) is 6.28. The van der Waals surface area contributed by atoms with Crippen LogP contribution in [0.5, 0.6) is 11.5 Å². The molecule has 0 unspecified atom stereocenters. The van der Waals surface area contributed by atoms with E-state index in [9.17, 15) is 4.79 Å². The largest absolute Gasteiger partial charge is 0.497 e. The fourth-order valence-electron chi connectivity index (χ4n) is 1.72. The van der Waals surface area contributed by atoms with Crippen LogP contribution in [0.2, 0.25) is 0 Å². The predicted molar refractivity (Wildman–Crippen MR) is 74.6 cm³/mol. The van der Waals surface area contributed by atoms with Gasteiger partial charge in [-0.2, -0.15) is 0 Å². The van der Waals surface area contributed by atoms with Gasteiger partial charge in [0.1, 0.15) is 11.5 Å². The molecule has 1 N–H and O–H groups in total. The molecule has 0 saturated carbocycles. The molecule has 0 aliphatic heterocycles. The lowest BCUT2D eigenvalue weighted by Crippen LogP contribution is -2.35. The van der Waals surface area contributed by atoms with Crippen molar-refractivity contribution in [2.45, 2.75) is 13.5 Å². The summed E-state index contributed by atoms with van der Waals surface area (Å²) in [6.07, 6.45) is 0. The molecular weight excluding hydrogens is 244 g/mol. The number of hydrogen-bond acceptors (Lipinski definition) is 4. The molecule has 1 aromatic rings. The van der Waals surface area contributed by atoms with Crippen molar-refractivity contribution in [1.82, 2.24) is 10.2 Å². The van der Waals surface area contributed by atoms with Crippen molar-refractivity contribution in [1.29, 1.82) is 0 Å². The van der Waals surface area contributed by atoms with Crippen LogP contribution in [-0.4, -0.2) is 45.2 Å². The number of hydrogen-bond donors (Lipinski definition) is 1. The summed E-state index contributed by atoms with van der Waals surface area (Å²) in [5.41, 5.74) is 0.925. The lowest BCUT2D eigenvalue weighted by atomic mass is 10.1. The number of ether oxygens (including phenoxy) is 2. The highest BCUT2D eigenvalue weighted by Gasteiger charge is 2.12. The first-order valence-corrected chi connectivity index (χ1v) is 6.28. The van der Waals surface area contributed by atoms with Crippen LogP contribution in [0.4, 0.5) is 0 Å². The van der Waals surface area contributed by atoms with Crippen molar-refractivity contribution >= 4 is 5.91 Å². The number of nitrogens with zero attached hydrogens (tertiary/aromatic N) is 1. The van der Waals surface area contributed by atoms with Crippen LogP contribution in [-0.2, 0) is 11.3 Å². The summed E-state index contributed by atoms with van der Waals surface area (Å²) in [5, 5.41) is 3.02. The molecule has 0 aromatic heterocycles. The van der Waals surface area contributed by atoms with E-state index in [0.717, 1.165) is 23.6 Å². The van der Waals surface area contributed by atoms with Crippen molar-refractivity contribution in [3.05, 3.63) is 23.8 Å². The van der Waals surface area contributed by atoms with Gasteiger partial charge < -0.3 is 19.7 Å². The Hall–Kier alpha value is -1.75. The molecule has 0 heterocycles. The van der Waals surface area contributed by atoms with Gasteiger partial charge in [0.15, 0.2) is 0 Å². The van der Waals surface area contributed by atoms with Crippen LogP contribution < -0.4 is 14.8 Å². The standard InChI is InChI=1S/C14H22N2O3/c1-5-15-9-14(17)16(2)10-11-8-12(18-3)6-7-13(11)19-4/h6-8,15H,5,9-10H2,1-4H3. The smallest absolute Gasteiger partial charge is 0.236 e. The number of amides is 1. The van der Waals surface area contributed by atoms with Gasteiger partial charge in [-0.1, -0.05) is 6.92 Å². The molecule has 0 fully saturated rings. The maximum atomic E-state index is 11.9. The molecule has 5 heteroatoms. The molecule has 19 heavy (non-hydrogen) atoms. The third-order valence-corrected chi connectivity index (χ3v) is 2.85. The van der Waals surface area contributed by atoms with E-state index in [-0.39, 0.29) is 5.91 Å². The number of carbonyl (C=O) groups excluding carboxylic acids is 1. The van der Waals surface area contributed by atoms with E-state index in [1.165, 1.54) is 0 Å². The second-order valence-corrected chi connectivity index (χ2v) is 4.21. The molecular formula is C14H22N2O3. The molecule has 1 amide bonds. The Morgan fingerprint density at radius 3 is 2.63 bits per heavy atom. The van der Waals surface area contributed by atoms with Crippen LogP contribution in [0.25, 0.3) is 0 Å². The Morgan fingerprint density at radius 2 is 2.05 bits per heavy atom. The van der Waals surface area contributed by atoms with E-state index >= 15 is 0 Å². The van der Waals surface area contributed by atoms with Crippen LogP contribution >= 0.6 is 0 Å². The number of benzene rings is 1. The molecule has 5 nitrogen and oxygen atoms in total. The summed E-state index contributed by atoms with van der Waals surface area (Å²) >= 11 is 0. The van der Waals surface area contributed by atoms with E-state index in [0.29, 0.717) is 13.1 Å². The summed E-state index contributed by atoms with van der Waals surface area (Å²) in [6, 6.07) is 5.56. The minimum atomic E-state index is 0.0479. The van der Waals surface area contributed by atoms with Gasteiger partial charge in [-0.3, -0.25) is 4.79 Å². The number of carbonyl (C=O) groups is 1. The fraction of sp³-hybridized carbons (Fsp3) is 0.500.